The number of hydrogen-bond donors (Lipinski definition) is 3. The van der Waals surface area contributed by atoms with Gasteiger partial charge in [-0.3, -0.25) is 0 Å². The molecule has 0 aromatic heterocycles. The van der Waals surface area contributed by atoms with Crippen molar-refractivity contribution in [3.05, 3.63) is 0 Å². The zero-order chi connectivity index (χ0) is 32.6. The molecule has 0 saturated carbocycles. The molecule has 3 N–H and O–H groups in total. The molecule has 0 spiro atoms. The molecule has 0 aliphatic carbocycles. The Labute approximate surface area is 268 Å². The molecule has 3 heterocycles. The highest BCUT2D eigenvalue weighted by atomic mass is 31.2. The fourth-order valence-electron chi connectivity index (χ4n) is 8.38. The van der Waals surface area contributed by atoms with Gasteiger partial charge in [-0.1, -0.05) is 62.3 Å². The van der Waals surface area contributed by atoms with E-state index in [1.54, 1.807) is 0 Å². The lowest BCUT2D eigenvalue weighted by Gasteiger charge is -2.56. The van der Waals surface area contributed by atoms with E-state index in [2.05, 4.69) is 120 Å². The van der Waals surface area contributed by atoms with Crippen LogP contribution in [0.15, 0.2) is 0 Å². The van der Waals surface area contributed by atoms with E-state index >= 15 is 0 Å². The molecule has 0 bridgehead atoms. The first kappa shape index (κ1) is 37.6. The van der Waals surface area contributed by atoms with Gasteiger partial charge in [-0.2, -0.15) is 0 Å². The predicted octanol–water partition coefficient (Wildman–Crippen LogP) is 9.27. The maximum absolute atomic E-state index is 7.25. The molecule has 43 heavy (non-hydrogen) atoms. The molecule has 3 saturated heterocycles. The lowest BCUT2D eigenvalue weighted by atomic mass is 9.70. The molecule has 3 rings (SSSR count). The molecule has 12 atom stereocenters. The van der Waals surface area contributed by atoms with Gasteiger partial charge in [-0.05, 0) is 99.3 Å². The molecule has 0 aromatic rings. The summed E-state index contributed by atoms with van der Waals surface area (Å²) in [5.74, 6) is 1.02. The minimum Gasteiger partial charge on any atom is -0.308 e. The molecule has 3 aliphatic rings. The van der Waals surface area contributed by atoms with Crippen molar-refractivity contribution in [1.29, 1.82) is 0 Å². The molecule has 7 heteroatoms. The highest BCUT2D eigenvalue weighted by Gasteiger charge is 2.53. The summed E-state index contributed by atoms with van der Waals surface area (Å²) >= 11 is 0. The van der Waals surface area contributed by atoms with Crippen molar-refractivity contribution in [3.8, 4) is 0 Å². The smallest absolute Gasteiger partial charge is 0.308 e. The highest BCUT2D eigenvalue weighted by molar-refractivity contribution is 7.41. The normalized spacial score (nSPS) is 50.0. The molecule has 0 amide bonds. The minimum absolute atomic E-state index is 0.00190. The molecule has 12 unspecified atom stereocenters. The largest absolute Gasteiger partial charge is 0.333 e. The summed E-state index contributed by atoms with van der Waals surface area (Å²) in [5, 5.41) is 12.1. The molecule has 254 valence electrons. The van der Waals surface area contributed by atoms with Gasteiger partial charge in [0.05, 0.1) is 18.3 Å². The van der Waals surface area contributed by atoms with Crippen LogP contribution in [0, 0.1) is 17.8 Å². The Balaban J connectivity index is 2.01. The maximum Gasteiger partial charge on any atom is 0.333 e. The van der Waals surface area contributed by atoms with E-state index in [0.29, 0.717) is 17.8 Å². The fraction of sp³-hybridized carbons (Fsp3) is 1.00. The SMILES string of the molecule is CCC1(C)CC(OP(OC2CC(C)(CC)NC(C)(CC)C2C)OC2CC(C)(CC)NC(C)(CC)C2C)C(C)C(C)(CC)N1. The van der Waals surface area contributed by atoms with Crippen LogP contribution in [-0.2, 0) is 13.6 Å². The Kier molecular flexibility index (Phi) is 12.0. The summed E-state index contributed by atoms with van der Waals surface area (Å²) in [6.07, 6.45) is 9.51. The zero-order valence-corrected chi connectivity index (χ0v) is 31.9. The summed E-state index contributed by atoms with van der Waals surface area (Å²) in [4.78, 5) is 0. The first-order valence-electron chi connectivity index (χ1n) is 18.0. The van der Waals surface area contributed by atoms with Gasteiger partial charge in [0, 0.05) is 51.0 Å². The molecule has 0 radical (unpaired) electrons. The van der Waals surface area contributed by atoms with Gasteiger partial charge in [-0.15, -0.1) is 0 Å². The Morgan fingerprint density at radius 2 is 0.698 bits per heavy atom. The van der Waals surface area contributed by atoms with Crippen LogP contribution in [0.4, 0.5) is 0 Å². The topological polar surface area (TPSA) is 63.8 Å². The monoisotopic (exact) mass is 626 g/mol. The average Bonchev–Trinajstić information content (AvgIpc) is 2.96. The van der Waals surface area contributed by atoms with E-state index in [4.69, 9.17) is 13.6 Å². The van der Waals surface area contributed by atoms with Crippen molar-refractivity contribution in [2.45, 2.75) is 213 Å². The Hall–Kier alpha value is 0.190. The van der Waals surface area contributed by atoms with Gasteiger partial charge in [-0.25, -0.2) is 0 Å². The van der Waals surface area contributed by atoms with Crippen LogP contribution in [0.25, 0.3) is 0 Å². The number of rotatable bonds is 12. The summed E-state index contributed by atoms with van der Waals surface area (Å²) in [7, 11) is -1.57. The van der Waals surface area contributed by atoms with Crippen LogP contribution in [0.3, 0.4) is 0 Å². The van der Waals surface area contributed by atoms with Gasteiger partial charge in [0.15, 0.2) is 0 Å². The second-order valence-electron chi connectivity index (χ2n) is 16.6. The lowest BCUT2D eigenvalue weighted by Crippen LogP contribution is -2.67. The van der Waals surface area contributed by atoms with Crippen LogP contribution in [0.1, 0.15) is 162 Å². The lowest BCUT2D eigenvalue weighted by molar-refractivity contribution is -0.0732. The third kappa shape index (κ3) is 7.85. The van der Waals surface area contributed by atoms with E-state index in [1.165, 1.54) is 0 Å². The highest BCUT2D eigenvalue weighted by Crippen LogP contribution is 2.55. The Bertz CT molecular complexity index is 812. The predicted molar refractivity (Wildman–Crippen MR) is 184 cm³/mol. The van der Waals surface area contributed by atoms with Gasteiger partial charge in [0.2, 0.25) is 0 Å². The van der Waals surface area contributed by atoms with Gasteiger partial charge >= 0.3 is 8.60 Å². The molecular formula is C36H72N3O3P. The number of nitrogens with one attached hydrogen (secondary N) is 3. The Morgan fingerprint density at radius 1 is 0.465 bits per heavy atom. The van der Waals surface area contributed by atoms with Gasteiger partial charge in [0.25, 0.3) is 0 Å². The number of hydrogen-bond acceptors (Lipinski definition) is 6. The standard InChI is InChI=1S/C36H72N3O3P/c1-16-31(10)22-28(25(7)34(13,19-4)37-31)40-43(41-29-23-32(11,17-2)38-35(14,20-5)26(29)8)42-30-24-33(12,18-3)39-36(15,21-6)27(30)9/h25-30,37-39H,16-24H2,1-15H3. The third-order valence-corrected chi connectivity index (χ3v) is 14.9. The van der Waals surface area contributed by atoms with Crippen molar-refractivity contribution in [1.82, 2.24) is 16.0 Å². The first-order valence-corrected chi connectivity index (χ1v) is 19.1. The molecule has 0 aromatic carbocycles. The second-order valence-corrected chi connectivity index (χ2v) is 17.6. The van der Waals surface area contributed by atoms with Crippen LogP contribution >= 0.6 is 8.60 Å². The molecule has 6 nitrogen and oxygen atoms in total. The van der Waals surface area contributed by atoms with Crippen molar-refractivity contribution in [2.75, 3.05) is 0 Å². The van der Waals surface area contributed by atoms with Crippen molar-refractivity contribution in [3.63, 3.8) is 0 Å². The van der Waals surface area contributed by atoms with Crippen molar-refractivity contribution >= 4 is 8.60 Å². The van der Waals surface area contributed by atoms with E-state index < -0.39 is 8.60 Å². The second kappa shape index (κ2) is 13.7. The first-order chi connectivity index (χ1) is 19.8. The fourth-order valence-corrected chi connectivity index (χ4v) is 9.96. The van der Waals surface area contributed by atoms with Crippen molar-refractivity contribution in [2.24, 2.45) is 17.8 Å². The maximum atomic E-state index is 7.25. The Morgan fingerprint density at radius 3 is 0.884 bits per heavy atom. The van der Waals surface area contributed by atoms with Crippen LogP contribution in [0.2, 0.25) is 0 Å². The van der Waals surface area contributed by atoms with Crippen LogP contribution in [-0.4, -0.2) is 51.5 Å². The van der Waals surface area contributed by atoms with Crippen molar-refractivity contribution < 1.29 is 13.6 Å². The van der Waals surface area contributed by atoms with E-state index in [9.17, 15) is 0 Å². The van der Waals surface area contributed by atoms with Crippen LogP contribution < -0.4 is 16.0 Å². The van der Waals surface area contributed by atoms with E-state index in [0.717, 1.165) is 57.8 Å². The molecule has 3 fully saturated rings. The molecular weight excluding hydrogens is 553 g/mol. The summed E-state index contributed by atoms with van der Waals surface area (Å²) in [6, 6.07) is 0. The zero-order valence-electron chi connectivity index (χ0n) is 31.0. The number of piperidine rings is 3. The van der Waals surface area contributed by atoms with Gasteiger partial charge in [0.1, 0.15) is 0 Å². The summed E-state index contributed by atoms with van der Waals surface area (Å²) < 4.78 is 21.7. The quantitative estimate of drug-likeness (QED) is 0.188. The summed E-state index contributed by atoms with van der Waals surface area (Å²) in [6.45, 7) is 35.2. The average molecular weight is 626 g/mol. The van der Waals surface area contributed by atoms with E-state index in [-0.39, 0.29) is 51.5 Å². The minimum atomic E-state index is -1.57. The third-order valence-electron chi connectivity index (χ3n) is 13.6. The van der Waals surface area contributed by atoms with Crippen LogP contribution in [0.5, 0.6) is 0 Å². The molecule has 3 aliphatic heterocycles. The van der Waals surface area contributed by atoms with Gasteiger partial charge < -0.3 is 29.5 Å². The summed E-state index contributed by atoms with van der Waals surface area (Å²) in [5.41, 5.74) is 0.0776. The van der Waals surface area contributed by atoms with E-state index in [1.807, 2.05) is 0 Å².